The first-order valence-electron chi connectivity index (χ1n) is 6.15. The lowest BCUT2D eigenvalue weighted by molar-refractivity contribution is -0.137. The van der Waals surface area contributed by atoms with Crippen molar-refractivity contribution in [3.05, 3.63) is 17.7 Å². The average Bonchev–Trinajstić information content (AvgIpc) is 2.80. The van der Waals surface area contributed by atoms with E-state index >= 15 is 0 Å². The number of nitrogens with zero attached hydrogens (tertiary/aromatic N) is 2. The fourth-order valence-corrected chi connectivity index (χ4v) is 2.05. The van der Waals surface area contributed by atoms with Gasteiger partial charge in [0.1, 0.15) is 12.4 Å². The quantitative estimate of drug-likeness (QED) is 0.915. The number of likely N-dealkylation sites (tertiary alicyclic amines) is 1. The predicted molar refractivity (Wildman–Crippen MR) is 64.8 cm³/mol. The number of hydrogen-bond donors (Lipinski definition) is 1. The zero-order valence-electron chi connectivity index (χ0n) is 10.4. The Hall–Kier alpha value is -1.50. The van der Waals surface area contributed by atoms with Crippen molar-refractivity contribution in [1.82, 2.24) is 9.88 Å². The molecule has 0 aromatic carbocycles. The normalized spacial score (nSPS) is 16.8. The molecule has 2 heterocycles. The topological polar surface area (TPSA) is 51.4 Å². The van der Waals surface area contributed by atoms with Crippen molar-refractivity contribution >= 4 is 5.82 Å². The number of halogens is 3. The van der Waals surface area contributed by atoms with Crippen molar-refractivity contribution in [1.29, 1.82) is 0 Å². The van der Waals surface area contributed by atoms with E-state index in [9.17, 15) is 13.2 Å². The Bertz CT molecular complexity index is 431. The summed E-state index contributed by atoms with van der Waals surface area (Å²) in [6.45, 7) is 3.04. The lowest BCUT2D eigenvalue weighted by Gasteiger charge is -2.15. The Balaban J connectivity index is 1.94. The first-order valence-corrected chi connectivity index (χ1v) is 6.15. The summed E-state index contributed by atoms with van der Waals surface area (Å²) in [6, 6.07) is 1.67. The summed E-state index contributed by atoms with van der Waals surface area (Å²) in [7, 11) is 0. The van der Waals surface area contributed by atoms with Gasteiger partial charge in [-0.2, -0.15) is 18.2 Å². The standard InChI is InChI=1S/C12H16F3N3O/c13-12(14,15)9-7-10(16)17-11(8-9)19-6-5-18-3-1-2-4-18/h7-8H,1-6H2,(H2,16,17). The summed E-state index contributed by atoms with van der Waals surface area (Å²) >= 11 is 0. The Morgan fingerprint density at radius 3 is 2.58 bits per heavy atom. The summed E-state index contributed by atoms with van der Waals surface area (Å²) in [6.07, 6.45) is -2.12. The van der Waals surface area contributed by atoms with Crippen LogP contribution in [0.4, 0.5) is 19.0 Å². The smallest absolute Gasteiger partial charge is 0.416 e. The number of pyridine rings is 1. The van der Waals surface area contributed by atoms with E-state index in [0.29, 0.717) is 13.2 Å². The van der Waals surface area contributed by atoms with E-state index in [-0.39, 0.29) is 11.7 Å². The molecular weight excluding hydrogens is 259 g/mol. The molecule has 1 aromatic rings. The largest absolute Gasteiger partial charge is 0.476 e. The van der Waals surface area contributed by atoms with E-state index in [4.69, 9.17) is 10.5 Å². The molecule has 0 saturated carbocycles. The van der Waals surface area contributed by atoms with Gasteiger partial charge in [-0.1, -0.05) is 0 Å². The highest BCUT2D eigenvalue weighted by Crippen LogP contribution is 2.31. The highest BCUT2D eigenvalue weighted by atomic mass is 19.4. The maximum Gasteiger partial charge on any atom is 0.416 e. The fraction of sp³-hybridized carbons (Fsp3) is 0.583. The summed E-state index contributed by atoms with van der Waals surface area (Å²) in [5, 5.41) is 0. The van der Waals surface area contributed by atoms with E-state index in [1.807, 2.05) is 0 Å². The molecule has 1 saturated heterocycles. The number of ether oxygens (including phenoxy) is 1. The minimum absolute atomic E-state index is 0.0773. The monoisotopic (exact) mass is 275 g/mol. The molecule has 0 amide bonds. The van der Waals surface area contributed by atoms with E-state index < -0.39 is 11.7 Å². The van der Waals surface area contributed by atoms with Crippen LogP contribution in [0.25, 0.3) is 0 Å². The van der Waals surface area contributed by atoms with Crippen LogP contribution < -0.4 is 10.5 Å². The third-order valence-corrected chi connectivity index (χ3v) is 3.01. The van der Waals surface area contributed by atoms with Crippen LogP contribution in [0.15, 0.2) is 12.1 Å². The zero-order chi connectivity index (χ0) is 13.9. The van der Waals surface area contributed by atoms with Crippen LogP contribution in [0.1, 0.15) is 18.4 Å². The minimum Gasteiger partial charge on any atom is -0.476 e. The summed E-state index contributed by atoms with van der Waals surface area (Å²) < 4.78 is 43.0. The van der Waals surface area contributed by atoms with Gasteiger partial charge in [-0.3, -0.25) is 4.90 Å². The molecule has 0 bridgehead atoms. The third-order valence-electron chi connectivity index (χ3n) is 3.01. The van der Waals surface area contributed by atoms with Gasteiger partial charge in [0.2, 0.25) is 5.88 Å². The van der Waals surface area contributed by atoms with Gasteiger partial charge >= 0.3 is 6.18 Å². The number of nitrogens with two attached hydrogens (primary N) is 1. The van der Waals surface area contributed by atoms with Crippen molar-refractivity contribution in [2.24, 2.45) is 0 Å². The highest BCUT2D eigenvalue weighted by molar-refractivity contribution is 5.38. The Morgan fingerprint density at radius 1 is 1.26 bits per heavy atom. The molecule has 1 aliphatic rings. The molecule has 0 atom stereocenters. The van der Waals surface area contributed by atoms with Crippen molar-refractivity contribution in [2.75, 3.05) is 32.0 Å². The van der Waals surface area contributed by atoms with Gasteiger partial charge in [0.05, 0.1) is 5.56 Å². The Kier molecular flexibility index (Phi) is 4.14. The van der Waals surface area contributed by atoms with E-state index in [1.54, 1.807) is 0 Å². The van der Waals surface area contributed by atoms with Gasteiger partial charge in [-0.25, -0.2) is 0 Å². The lowest BCUT2D eigenvalue weighted by Crippen LogP contribution is -2.25. The van der Waals surface area contributed by atoms with Crippen LogP contribution in [0.5, 0.6) is 5.88 Å². The second-order valence-corrected chi connectivity index (χ2v) is 4.51. The van der Waals surface area contributed by atoms with Crippen LogP contribution in [0.3, 0.4) is 0 Å². The number of aromatic nitrogens is 1. The van der Waals surface area contributed by atoms with Gasteiger partial charge in [0.15, 0.2) is 0 Å². The second kappa shape index (κ2) is 5.64. The maximum absolute atomic E-state index is 12.6. The maximum atomic E-state index is 12.6. The van der Waals surface area contributed by atoms with Crippen molar-refractivity contribution in [3.63, 3.8) is 0 Å². The fourth-order valence-electron chi connectivity index (χ4n) is 2.05. The first kappa shape index (κ1) is 13.9. The number of rotatable bonds is 4. The van der Waals surface area contributed by atoms with Crippen LogP contribution in [-0.4, -0.2) is 36.1 Å². The molecule has 106 valence electrons. The lowest BCUT2D eigenvalue weighted by atomic mass is 10.2. The SMILES string of the molecule is Nc1cc(C(F)(F)F)cc(OCCN2CCCC2)n1. The first-order chi connectivity index (χ1) is 8.95. The van der Waals surface area contributed by atoms with E-state index in [2.05, 4.69) is 9.88 Å². The molecular formula is C12H16F3N3O. The third kappa shape index (κ3) is 3.99. The molecule has 0 unspecified atom stereocenters. The number of alkyl halides is 3. The second-order valence-electron chi connectivity index (χ2n) is 4.51. The summed E-state index contributed by atoms with van der Waals surface area (Å²) in [4.78, 5) is 5.95. The van der Waals surface area contributed by atoms with Gasteiger partial charge in [-0.15, -0.1) is 0 Å². The molecule has 1 aromatic heterocycles. The van der Waals surface area contributed by atoms with Crippen LogP contribution >= 0.6 is 0 Å². The minimum atomic E-state index is -4.44. The molecule has 0 spiro atoms. The number of hydrogen-bond acceptors (Lipinski definition) is 4. The van der Waals surface area contributed by atoms with E-state index in [0.717, 1.165) is 38.1 Å². The molecule has 1 fully saturated rings. The highest BCUT2D eigenvalue weighted by Gasteiger charge is 2.31. The van der Waals surface area contributed by atoms with Crippen LogP contribution in [0.2, 0.25) is 0 Å². The van der Waals surface area contributed by atoms with Gasteiger partial charge < -0.3 is 10.5 Å². The summed E-state index contributed by atoms with van der Waals surface area (Å²) in [5.41, 5.74) is 4.51. The molecule has 19 heavy (non-hydrogen) atoms. The predicted octanol–water partition coefficient (Wildman–Crippen LogP) is 2.16. The summed E-state index contributed by atoms with van der Waals surface area (Å²) in [5.74, 6) is -0.266. The molecule has 0 aliphatic carbocycles. The zero-order valence-corrected chi connectivity index (χ0v) is 10.4. The van der Waals surface area contributed by atoms with Crippen molar-refractivity contribution < 1.29 is 17.9 Å². The van der Waals surface area contributed by atoms with Crippen molar-refractivity contribution in [2.45, 2.75) is 19.0 Å². The van der Waals surface area contributed by atoms with E-state index in [1.165, 1.54) is 0 Å². The van der Waals surface area contributed by atoms with Crippen LogP contribution in [0, 0.1) is 0 Å². The Morgan fingerprint density at radius 2 is 1.95 bits per heavy atom. The molecule has 2 rings (SSSR count). The molecule has 1 aliphatic heterocycles. The average molecular weight is 275 g/mol. The molecule has 7 heteroatoms. The molecule has 4 nitrogen and oxygen atoms in total. The Labute approximate surface area is 109 Å². The number of nitrogen functional groups attached to an aromatic ring is 1. The van der Waals surface area contributed by atoms with Crippen molar-refractivity contribution in [3.8, 4) is 5.88 Å². The van der Waals surface area contributed by atoms with Gasteiger partial charge in [-0.05, 0) is 32.0 Å². The molecule has 0 radical (unpaired) electrons. The molecule has 2 N–H and O–H groups in total. The van der Waals surface area contributed by atoms with Gasteiger partial charge in [0.25, 0.3) is 0 Å². The van der Waals surface area contributed by atoms with Gasteiger partial charge in [0, 0.05) is 12.6 Å². The van der Waals surface area contributed by atoms with Crippen LogP contribution in [-0.2, 0) is 6.18 Å². The number of anilines is 1.